The maximum Gasteiger partial charge on any atom is 0.261 e. The average molecular weight is 444 g/mol. The number of morpholine rings is 1. The van der Waals surface area contributed by atoms with Gasteiger partial charge in [0.25, 0.3) is 5.91 Å². The van der Waals surface area contributed by atoms with Gasteiger partial charge in [0.1, 0.15) is 5.75 Å². The number of aromatic nitrogens is 1. The molecular weight excluding hydrogens is 422 g/mol. The van der Waals surface area contributed by atoms with Crippen molar-refractivity contribution in [2.24, 2.45) is 0 Å². The van der Waals surface area contributed by atoms with Gasteiger partial charge in [-0.05, 0) is 18.2 Å². The molecule has 1 fully saturated rings. The Morgan fingerprint density at radius 2 is 2.00 bits per heavy atom. The number of anilines is 1. The zero-order valence-electron chi connectivity index (χ0n) is 16.6. The molecular formula is C22H22ClN3O3S. The Morgan fingerprint density at radius 1 is 1.23 bits per heavy atom. The second-order valence-electron chi connectivity index (χ2n) is 6.84. The third kappa shape index (κ3) is 4.82. The van der Waals surface area contributed by atoms with E-state index in [0.29, 0.717) is 21.5 Å². The molecule has 2 aromatic carbocycles. The molecule has 30 heavy (non-hydrogen) atoms. The van der Waals surface area contributed by atoms with Crippen molar-refractivity contribution in [3.63, 3.8) is 0 Å². The zero-order valence-corrected chi connectivity index (χ0v) is 18.1. The first kappa shape index (κ1) is 20.8. The monoisotopic (exact) mass is 443 g/mol. The van der Waals surface area contributed by atoms with Crippen molar-refractivity contribution < 1.29 is 14.3 Å². The normalized spacial score (nSPS) is 14.5. The first-order chi connectivity index (χ1) is 14.6. The van der Waals surface area contributed by atoms with Gasteiger partial charge in [-0.15, -0.1) is 0 Å². The Morgan fingerprint density at radius 3 is 2.73 bits per heavy atom. The lowest BCUT2D eigenvalue weighted by Crippen LogP contribution is -2.35. The molecule has 156 valence electrons. The molecule has 0 bridgehead atoms. The van der Waals surface area contributed by atoms with Gasteiger partial charge in [-0.25, -0.2) is 4.98 Å². The standard InChI is InChI=1S/C22H22ClN3O3S/c1-28-18-8-7-16(23)13-17(18)21(27)25-22-24-20(15-5-3-2-4-6-15)19(30-22)14-26-9-11-29-12-10-26/h2-8,13H,9-12,14H2,1H3,(H,24,25,27). The molecule has 0 saturated carbocycles. The SMILES string of the molecule is COc1ccc(Cl)cc1C(=O)Nc1nc(-c2ccccc2)c(CN2CCOCC2)s1. The molecule has 2 heterocycles. The largest absolute Gasteiger partial charge is 0.496 e. The molecule has 0 spiro atoms. The number of thiazole rings is 1. The molecule has 1 aliphatic heterocycles. The summed E-state index contributed by atoms with van der Waals surface area (Å²) < 4.78 is 10.8. The number of amides is 1. The van der Waals surface area contributed by atoms with E-state index in [2.05, 4.69) is 10.2 Å². The number of benzene rings is 2. The number of nitrogens with zero attached hydrogens (tertiary/aromatic N) is 2. The molecule has 3 aromatic rings. The van der Waals surface area contributed by atoms with E-state index in [1.54, 1.807) is 18.2 Å². The highest BCUT2D eigenvalue weighted by atomic mass is 35.5. The van der Waals surface area contributed by atoms with Crippen LogP contribution >= 0.6 is 22.9 Å². The number of halogens is 1. The van der Waals surface area contributed by atoms with Crippen LogP contribution in [0.3, 0.4) is 0 Å². The summed E-state index contributed by atoms with van der Waals surface area (Å²) in [5, 5.41) is 3.93. The van der Waals surface area contributed by atoms with E-state index in [-0.39, 0.29) is 5.91 Å². The van der Waals surface area contributed by atoms with E-state index in [4.69, 9.17) is 26.1 Å². The van der Waals surface area contributed by atoms with Crippen molar-refractivity contribution in [3.05, 3.63) is 64.0 Å². The van der Waals surface area contributed by atoms with Crippen molar-refractivity contribution in [1.29, 1.82) is 0 Å². The minimum absolute atomic E-state index is 0.305. The van der Waals surface area contributed by atoms with Gasteiger partial charge in [0, 0.05) is 35.1 Å². The van der Waals surface area contributed by atoms with Gasteiger partial charge in [-0.2, -0.15) is 0 Å². The maximum atomic E-state index is 12.9. The third-order valence-electron chi connectivity index (χ3n) is 4.84. The number of nitrogens with one attached hydrogen (secondary N) is 1. The van der Waals surface area contributed by atoms with E-state index in [1.165, 1.54) is 18.4 Å². The number of hydrogen-bond donors (Lipinski definition) is 1. The molecule has 0 unspecified atom stereocenters. The smallest absolute Gasteiger partial charge is 0.261 e. The van der Waals surface area contributed by atoms with Crippen LogP contribution < -0.4 is 10.1 Å². The summed E-state index contributed by atoms with van der Waals surface area (Å²) in [5.74, 6) is 0.158. The summed E-state index contributed by atoms with van der Waals surface area (Å²) in [5.41, 5.74) is 2.29. The van der Waals surface area contributed by atoms with E-state index in [0.717, 1.165) is 49.0 Å². The number of methoxy groups -OCH3 is 1. The van der Waals surface area contributed by atoms with Crippen LogP contribution in [0.25, 0.3) is 11.3 Å². The highest BCUT2D eigenvalue weighted by molar-refractivity contribution is 7.16. The van der Waals surface area contributed by atoms with Crippen molar-refractivity contribution in [2.75, 3.05) is 38.7 Å². The summed E-state index contributed by atoms with van der Waals surface area (Å²) in [6.45, 7) is 4.00. The Hall–Kier alpha value is -2.45. The molecule has 0 aliphatic carbocycles. The van der Waals surface area contributed by atoms with Crippen LogP contribution in [0.15, 0.2) is 48.5 Å². The lowest BCUT2D eigenvalue weighted by molar-refractivity contribution is 0.0347. The minimum Gasteiger partial charge on any atom is -0.496 e. The van der Waals surface area contributed by atoms with Crippen LogP contribution in [0.2, 0.25) is 5.02 Å². The molecule has 1 aliphatic rings. The second-order valence-corrected chi connectivity index (χ2v) is 8.36. The zero-order chi connectivity index (χ0) is 20.9. The Bertz CT molecular complexity index is 1020. The lowest BCUT2D eigenvalue weighted by atomic mass is 10.1. The number of hydrogen-bond acceptors (Lipinski definition) is 6. The predicted molar refractivity (Wildman–Crippen MR) is 120 cm³/mol. The molecule has 0 atom stereocenters. The van der Waals surface area contributed by atoms with Crippen LogP contribution in [0.4, 0.5) is 5.13 Å². The van der Waals surface area contributed by atoms with Gasteiger partial charge in [0.2, 0.25) is 0 Å². The van der Waals surface area contributed by atoms with Crippen LogP contribution in [0.5, 0.6) is 5.75 Å². The van der Waals surface area contributed by atoms with Gasteiger partial charge in [0.15, 0.2) is 5.13 Å². The van der Waals surface area contributed by atoms with E-state index in [1.807, 2.05) is 30.3 Å². The lowest BCUT2D eigenvalue weighted by Gasteiger charge is -2.26. The maximum absolute atomic E-state index is 12.9. The summed E-state index contributed by atoms with van der Waals surface area (Å²) in [6.07, 6.45) is 0. The van der Waals surface area contributed by atoms with Crippen molar-refractivity contribution in [3.8, 4) is 17.0 Å². The Labute approximate surface area is 184 Å². The predicted octanol–water partition coefficient (Wildman–Crippen LogP) is 4.56. The molecule has 6 nitrogen and oxygen atoms in total. The van der Waals surface area contributed by atoms with Crippen LogP contribution in [0, 0.1) is 0 Å². The van der Waals surface area contributed by atoms with Gasteiger partial charge in [-0.1, -0.05) is 53.3 Å². The molecule has 1 N–H and O–H groups in total. The van der Waals surface area contributed by atoms with Crippen molar-refractivity contribution in [1.82, 2.24) is 9.88 Å². The molecule has 1 amide bonds. The fourth-order valence-corrected chi connectivity index (χ4v) is 4.51. The van der Waals surface area contributed by atoms with Gasteiger partial charge < -0.3 is 9.47 Å². The highest BCUT2D eigenvalue weighted by Crippen LogP contribution is 2.33. The average Bonchev–Trinajstić information content (AvgIpc) is 3.17. The molecule has 1 aromatic heterocycles. The number of ether oxygens (including phenoxy) is 2. The fourth-order valence-electron chi connectivity index (χ4n) is 3.32. The van der Waals surface area contributed by atoms with Gasteiger partial charge in [0.05, 0.1) is 31.6 Å². The van der Waals surface area contributed by atoms with Crippen LogP contribution in [-0.2, 0) is 11.3 Å². The van der Waals surface area contributed by atoms with Gasteiger partial charge in [-0.3, -0.25) is 15.0 Å². The molecule has 8 heteroatoms. The highest BCUT2D eigenvalue weighted by Gasteiger charge is 2.20. The van der Waals surface area contributed by atoms with Crippen LogP contribution in [-0.4, -0.2) is 49.2 Å². The Kier molecular flexibility index (Phi) is 6.64. The molecule has 1 saturated heterocycles. The summed E-state index contributed by atoms with van der Waals surface area (Å²) >= 11 is 7.56. The summed E-state index contributed by atoms with van der Waals surface area (Å²) in [6, 6.07) is 15.0. The van der Waals surface area contributed by atoms with Crippen LogP contribution in [0.1, 0.15) is 15.2 Å². The second kappa shape index (κ2) is 9.57. The van der Waals surface area contributed by atoms with E-state index < -0.39 is 0 Å². The first-order valence-electron chi connectivity index (χ1n) is 9.64. The minimum atomic E-state index is -0.305. The summed E-state index contributed by atoms with van der Waals surface area (Å²) in [4.78, 5) is 21.1. The van der Waals surface area contributed by atoms with E-state index in [9.17, 15) is 4.79 Å². The van der Waals surface area contributed by atoms with Crippen molar-refractivity contribution >= 4 is 34.0 Å². The van der Waals surface area contributed by atoms with E-state index >= 15 is 0 Å². The third-order valence-corrected chi connectivity index (χ3v) is 6.03. The summed E-state index contributed by atoms with van der Waals surface area (Å²) in [7, 11) is 1.53. The fraction of sp³-hybridized carbons (Fsp3) is 0.273. The molecule has 4 rings (SSSR count). The van der Waals surface area contributed by atoms with Crippen molar-refractivity contribution in [2.45, 2.75) is 6.54 Å². The number of carbonyl (C=O) groups excluding carboxylic acids is 1. The number of carbonyl (C=O) groups is 1. The Balaban J connectivity index is 1.62. The molecule has 0 radical (unpaired) electrons. The first-order valence-corrected chi connectivity index (χ1v) is 10.8. The van der Waals surface area contributed by atoms with Gasteiger partial charge >= 0.3 is 0 Å². The number of rotatable bonds is 6. The quantitative estimate of drug-likeness (QED) is 0.605. The topological polar surface area (TPSA) is 63.7 Å².